The van der Waals surface area contributed by atoms with Crippen molar-refractivity contribution in [1.29, 1.82) is 0 Å². The molecule has 0 unspecified atom stereocenters. The minimum Gasteiger partial charge on any atom is -0.465 e. The highest BCUT2D eigenvalue weighted by molar-refractivity contribution is 5.90. The maximum absolute atomic E-state index is 11.7. The number of aliphatic hydroxyl groups is 1. The number of ether oxygens (including phenoxy) is 1. The Balaban J connectivity index is 2.04. The fourth-order valence-corrected chi connectivity index (χ4v) is 2.33. The van der Waals surface area contributed by atoms with Crippen LogP contribution in [0.25, 0.3) is 0 Å². The van der Waals surface area contributed by atoms with E-state index < -0.39 is 0 Å². The summed E-state index contributed by atoms with van der Waals surface area (Å²) in [6.45, 7) is 0.172. The molecule has 0 spiro atoms. The van der Waals surface area contributed by atoms with Gasteiger partial charge >= 0.3 is 5.97 Å². The Morgan fingerprint density at radius 1 is 0.952 bits per heavy atom. The monoisotopic (exact) mass is 284 g/mol. The second-order valence-electron chi connectivity index (χ2n) is 4.94. The molecule has 2 aromatic carbocycles. The molecule has 0 saturated carbocycles. The number of benzene rings is 2. The van der Waals surface area contributed by atoms with Crippen LogP contribution < -0.4 is 0 Å². The average Bonchev–Trinajstić information content (AvgIpc) is 2.54. The first kappa shape index (κ1) is 15.3. The number of carbonyl (C=O) groups excluding carboxylic acids is 1. The Morgan fingerprint density at radius 3 is 2.19 bits per heavy atom. The van der Waals surface area contributed by atoms with Crippen LogP contribution in [0.5, 0.6) is 0 Å². The van der Waals surface area contributed by atoms with Crippen LogP contribution in [0.3, 0.4) is 0 Å². The number of aryl methyl sites for hydroxylation is 2. The smallest absolute Gasteiger partial charge is 0.338 e. The van der Waals surface area contributed by atoms with Crippen LogP contribution in [-0.2, 0) is 24.0 Å². The van der Waals surface area contributed by atoms with E-state index in [1.807, 2.05) is 30.3 Å². The predicted octanol–water partition coefficient (Wildman–Crippen LogP) is 2.79. The lowest BCUT2D eigenvalue weighted by Gasteiger charge is -2.08. The van der Waals surface area contributed by atoms with Gasteiger partial charge in [-0.05, 0) is 42.0 Å². The first-order valence-corrected chi connectivity index (χ1v) is 7.09. The summed E-state index contributed by atoms with van der Waals surface area (Å²) in [4.78, 5) is 11.7. The van der Waals surface area contributed by atoms with Crippen molar-refractivity contribution in [2.24, 2.45) is 0 Å². The van der Waals surface area contributed by atoms with Gasteiger partial charge in [-0.3, -0.25) is 0 Å². The minimum absolute atomic E-state index is 0.172. The summed E-state index contributed by atoms with van der Waals surface area (Å²) in [5.41, 5.74) is 3.99. The number of methoxy groups -OCH3 is 1. The van der Waals surface area contributed by atoms with Crippen LogP contribution in [0.15, 0.2) is 48.5 Å². The lowest BCUT2D eigenvalue weighted by atomic mass is 9.99. The van der Waals surface area contributed by atoms with Gasteiger partial charge in [-0.25, -0.2) is 4.79 Å². The fourth-order valence-electron chi connectivity index (χ4n) is 2.33. The lowest BCUT2D eigenvalue weighted by molar-refractivity contribution is 0.0599. The molecule has 0 amide bonds. The molecule has 2 aromatic rings. The molecule has 21 heavy (non-hydrogen) atoms. The van der Waals surface area contributed by atoms with E-state index in [1.165, 1.54) is 12.7 Å². The Bertz CT molecular complexity index is 588. The molecule has 0 heterocycles. The first-order chi connectivity index (χ1) is 10.2. The second kappa shape index (κ2) is 7.60. The molecule has 1 N–H and O–H groups in total. The molecule has 110 valence electrons. The van der Waals surface area contributed by atoms with Crippen LogP contribution in [0.1, 0.15) is 27.0 Å². The van der Waals surface area contributed by atoms with Gasteiger partial charge in [0.1, 0.15) is 0 Å². The van der Waals surface area contributed by atoms with Crippen LogP contribution in [-0.4, -0.2) is 24.8 Å². The highest BCUT2D eigenvalue weighted by Crippen LogP contribution is 2.14. The van der Waals surface area contributed by atoms with E-state index in [4.69, 9.17) is 9.84 Å². The molecule has 0 bridgehead atoms. The Labute approximate surface area is 125 Å². The molecule has 0 saturated heterocycles. The van der Waals surface area contributed by atoms with Gasteiger partial charge in [0.2, 0.25) is 0 Å². The van der Waals surface area contributed by atoms with Gasteiger partial charge in [-0.2, -0.15) is 0 Å². The Hall–Kier alpha value is -2.13. The zero-order valence-electron chi connectivity index (χ0n) is 12.2. The van der Waals surface area contributed by atoms with Crippen LogP contribution in [0, 0.1) is 0 Å². The van der Waals surface area contributed by atoms with Gasteiger partial charge in [0.05, 0.1) is 12.7 Å². The van der Waals surface area contributed by atoms with E-state index in [2.05, 4.69) is 12.1 Å². The third-order valence-corrected chi connectivity index (χ3v) is 3.53. The molecule has 0 aliphatic carbocycles. The van der Waals surface area contributed by atoms with Crippen molar-refractivity contribution in [2.45, 2.75) is 19.3 Å². The third kappa shape index (κ3) is 4.17. The van der Waals surface area contributed by atoms with Crippen molar-refractivity contribution >= 4 is 5.97 Å². The van der Waals surface area contributed by atoms with Crippen LogP contribution in [0.2, 0.25) is 0 Å². The molecular formula is C18H20O3. The molecule has 0 aliphatic heterocycles. The lowest BCUT2D eigenvalue weighted by Crippen LogP contribution is -2.06. The summed E-state index contributed by atoms with van der Waals surface area (Å²) in [5, 5.41) is 8.90. The van der Waals surface area contributed by atoms with Crippen LogP contribution in [0.4, 0.5) is 0 Å². The minimum atomic E-state index is -0.288. The molecule has 0 atom stereocenters. The van der Waals surface area contributed by atoms with Crippen molar-refractivity contribution < 1.29 is 14.6 Å². The summed E-state index contributed by atoms with van der Waals surface area (Å²) in [7, 11) is 1.40. The summed E-state index contributed by atoms with van der Waals surface area (Å²) >= 11 is 0. The van der Waals surface area contributed by atoms with Gasteiger partial charge in [0.25, 0.3) is 0 Å². The SMILES string of the molecule is COC(=O)c1ccccc1CCc1ccc(CCO)cc1. The molecule has 3 nitrogen and oxygen atoms in total. The average molecular weight is 284 g/mol. The zero-order valence-corrected chi connectivity index (χ0v) is 12.2. The third-order valence-electron chi connectivity index (χ3n) is 3.53. The van der Waals surface area contributed by atoms with E-state index in [9.17, 15) is 4.79 Å². The van der Waals surface area contributed by atoms with Crippen molar-refractivity contribution in [3.8, 4) is 0 Å². The normalized spacial score (nSPS) is 10.4. The number of rotatable bonds is 6. The number of hydrogen-bond donors (Lipinski definition) is 1. The van der Waals surface area contributed by atoms with Crippen LogP contribution >= 0.6 is 0 Å². The highest BCUT2D eigenvalue weighted by atomic mass is 16.5. The van der Waals surface area contributed by atoms with E-state index in [-0.39, 0.29) is 12.6 Å². The Morgan fingerprint density at radius 2 is 1.57 bits per heavy atom. The number of hydrogen-bond acceptors (Lipinski definition) is 3. The fraction of sp³-hybridized carbons (Fsp3) is 0.278. The van der Waals surface area contributed by atoms with Crippen molar-refractivity contribution in [1.82, 2.24) is 0 Å². The summed E-state index contributed by atoms with van der Waals surface area (Å²) in [5.74, 6) is -0.288. The molecular weight excluding hydrogens is 264 g/mol. The largest absolute Gasteiger partial charge is 0.465 e. The van der Waals surface area contributed by atoms with E-state index in [0.717, 1.165) is 24.0 Å². The van der Waals surface area contributed by atoms with Crippen molar-refractivity contribution in [3.63, 3.8) is 0 Å². The second-order valence-corrected chi connectivity index (χ2v) is 4.94. The van der Waals surface area contributed by atoms with E-state index >= 15 is 0 Å². The predicted molar refractivity (Wildman–Crippen MR) is 82.4 cm³/mol. The maximum atomic E-state index is 11.7. The molecule has 2 rings (SSSR count). The summed E-state index contributed by atoms with van der Waals surface area (Å²) in [6, 6.07) is 15.8. The summed E-state index contributed by atoms with van der Waals surface area (Å²) in [6.07, 6.45) is 2.35. The molecule has 0 aliphatic rings. The van der Waals surface area contributed by atoms with Gasteiger partial charge in [-0.1, -0.05) is 42.5 Å². The zero-order chi connectivity index (χ0) is 15.1. The van der Waals surface area contributed by atoms with Crippen molar-refractivity contribution in [3.05, 3.63) is 70.8 Å². The highest BCUT2D eigenvalue weighted by Gasteiger charge is 2.10. The van der Waals surface area contributed by atoms with Gasteiger partial charge in [-0.15, -0.1) is 0 Å². The standard InChI is InChI=1S/C18H20O3/c1-21-18(20)17-5-3-2-4-16(17)11-10-14-6-8-15(9-7-14)12-13-19/h2-9,19H,10-13H2,1H3. The number of esters is 1. The topological polar surface area (TPSA) is 46.5 Å². The quantitative estimate of drug-likeness (QED) is 0.830. The maximum Gasteiger partial charge on any atom is 0.338 e. The Kier molecular flexibility index (Phi) is 5.52. The number of aliphatic hydroxyl groups excluding tert-OH is 1. The first-order valence-electron chi connectivity index (χ1n) is 7.09. The molecule has 0 aromatic heterocycles. The molecule has 0 radical (unpaired) electrons. The van der Waals surface area contributed by atoms with Gasteiger partial charge in [0.15, 0.2) is 0 Å². The summed E-state index contributed by atoms with van der Waals surface area (Å²) < 4.78 is 4.81. The van der Waals surface area contributed by atoms with Gasteiger partial charge in [0, 0.05) is 6.61 Å². The van der Waals surface area contributed by atoms with Gasteiger partial charge < -0.3 is 9.84 Å². The molecule has 0 fully saturated rings. The number of carbonyl (C=O) groups is 1. The van der Waals surface area contributed by atoms with E-state index in [0.29, 0.717) is 12.0 Å². The van der Waals surface area contributed by atoms with Crippen molar-refractivity contribution in [2.75, 3.05) is 13.7 Å². The van der Waals surface area contributed by atoms with E-state index in [1.54, 1.807) is 6.07 Å². The molecule has 3 heteroatoms.